The standard InChI is InChI=1S/C18H26N2O2/c1-17(2,3)22-16(21)20-13-11-18(14-8-5-4-6-9-14)15(20)10-7-12-19-18/h4-6,8-9,15,19H,7,10-13H2,1-3H3/t15-,18+/m1/s1. The molecule has 0 unspecified atom stereocenters. The van der Waals surface area contributed by atoms with Crippen molar-refractivity contribution in [2.75, 3.05) is 13.1 Å². The van der Waals surface area contributed by atoms with Gasteiger partial charge in [0.25, 0.3) is 0 Å². The minimum absolute atomic E-state index is 0.115. The number of nitrogens with one attached hydrogen (secondary N) is 1. The summed E-state index contributed by atoms with van der Waals surface area (Å²) in [5.41, 5.74) is 0.721. The van der Waals surface area contributed by atoms with Crippen LogP contribution in [0.4, 0.5) is 4.79 Å². The monoisotopic (exact) mass is 302 g/mol. The first-order chi connectivity index (χ1) is 10.4. The van der Waals surface area contributed by atoms with Gasteiger partial charge in [-0.2, -0.15) is 0 Å². The van der Waals surface area contributed by atoms with Gasteiger partial charge in [-0.15, -0.1) is 0 Å². The van der Waals surface area contributed by atoms with Gasteiger partial charge in [0.1, 0.15) is 5.60 Å². The maximum Gasteiger partial charge on any atom is 0.410 e. The molecular formula is C18H26N2O2. The normalized spacial score (nSPS) is 28.3. The Morgan fingerprint density at radius 1 is 1.32 bits per heavy atom. The summed E-state index contributed by atoms with van der Waals surface area (Å²) < 4.78 is 5.61. The number of fused-ring (bicyclic) bond motifs is 1. The van der Waals surface area contributed by atoms with Crippen LogP contribution in [0.2, 0.25) is 0 Å². The van der Waals surface area contributed by atoms with Crippen molar-refractivity contribution in [1.29, 1.82) is 0 Å². The quantitative estimate of drug-likeness (QED) is 0.865. The van der Waals surface area contributed by atoms with E-state index in [4.69, 9.17) is 4.74 Å². The fourth-order valence-corrected chi connectivity index (χ4v) is 3.81. The Morgan fingerprint density at radius 3 is 2.73 bits per heavy atom. The highest BCUT2D eigenvalue weighted by Gasteiger charge is 2.51. The maximum absolute atomic E-state index is 12.6. The topological polar surface area (TPSA) is 41.6 Å². The van der Waals surface area contributed by atoms with E-state index in [-0.39, 0.29) is 17.7 Å². The Balaban J connectivity index is 1.87. The Hall–Kier alpha value is -1.55. The number of likely N-dealkylation sites (tertiary alicyclic amines) is 1. The molecule has 0 bridgehead atoms. The van der Waals surface area contributed by atoms with Crippen LogP contribution in [-0.2, 0) is 10.3 Å². The van der Waals surface area contributed by atoms with Crippen LogP contribution in [0.1, 0.15) is 45.6 Å². The van der Waals surface area contributed by atoms with Crippen molar-refractivity contribution in [3.8, 4) is 0 Å². The van der Waals surface area contributed by atoms with E-state index in [2.05, 4.69) is 29.6 Å². The molecule has 2 fully saturated rings. The zero-order chi connectivity index (χ0) is 15.8. The number of carbonyl (C=O) groups excluding carboxylic acids is 1. The summed E-state index contributed by atoms with van der Waals surface area (Å²) in [7, 11) is 0. The maximum atomic E-state index is 12.6. The molecule has 2 heterocycles. The van der Waals surface area contributed by atoms with Gasteiger partial charge in [0.05, 0.1) is 11.6 Å². The first kappa shape index (κ1) is 15.3. The fraction of sp³-hybridized carbons (Fsp3) is 0.611. The van der Waals surface area contributed by atoms with Crippen LogP contribution < -0.4 is 5.32 Å². The van der Waals surface area contributed by atoms with Crippen molar-refractivity contribution in [2.45, 2.75) is 57.2 Å². The highest BCUT2D eigenvalue weighted by Crippen LogP contribution is 2.42. The van der Waals surface area contributed by atoms with Gasteiger partial charge in [-0.05, 0) is 52.1 Å². The predicted octanol–water partition coefficient (Wildman–Crippen LogP) is 3.27. The molecule has 120 valence electrons. The summed E-state index contributed by atoms with van der Waals surface area (Å²) in [5.74, 6) is 0. The summed E-state index contributed by atoms with van der Waals surface area (Å²) in [4.78, 5) is 14.5. The van der Waals surface area contributed by atoms with Crippen LogP contribution >= 0.6 is 0 Å². The SMILES string of the molecule is CC(C)(C)OC(=O)N1CC[C@@]2(c3ccccc3)NCCC[C@@H]12. The molecule has 3 rings (SSSR count). The summed E-state index contributed by atoms with van der Waals surface area (Å²) >= 11 is 0. The van der Waals surface area contributed by atoms with Gasteiger partial charge in [0.15, 0.2) is 0 Å². The van der Waals surface area contributed by atoms with Crippen molar-refractivity contribution in [3.05, 3.63) is 35.9 Å². The first-order valence-corrected chi connectivity index (χ1v) is 8.23. The highest BCUT2D eigenvalue weighted by atomic mass is 16.6. The lowest BCUT2D eigenvalue weighted by atomic mass is 9.78. The number of hydrogen-bond acceptors (Lipinski definition) is 3. The molecular weight excluding hydrogens is 276 g/mol. The molecule has 4 nitrogen and oxygen atoms in total. The zero-order valence-electron chi connectivity index (χ0n) is 13.8. The number of amides is 1. The van der Waals surface area contributed by atoms with Gasteiger partial charge < -0.3 is 15.0 Å². The molecule has 0 aliphatic carbocycles. The number of hydrogen-bond donors (Lipinski definition) is 1. The van der Waals surface area contributed by atoms with Crippen molar-refractivity contribution in [3.63, 3.8) is 0 Å². The number of benzene rings is 1. The van der Waals surface area contributed by atoms with Crippen LogP contribution in [0.3, 0.4) is 0 Å². The Morgan fingerprint density at radius 2 is 2.05 bits per heavy atom. The minimum Gasteiger partial charge on any atom is -0.444 e. The smallest absolute Gasteiger partial charge is 0.410 e. The molecule has 2 saturated heterocycles. The summed E-state index contributed by atoms with van der Waals surface area (Å²) in [5, 5.41) is 3.71. The van der Waals surface area contributed by atoms with Gasteiger partial charge in [-0.25, -0.2) is 4.79 Å². The molecule has 4 heteroatoms. The van der Waals surface area contributed by atoms with Crippen LogP contribution in [0.5, 0.6) is 0 Å². The Bertz CT molecular complexity index is 538. The van der Waals surface area contributed by atoms with Crippen LogP contribution in [-0.4, -0.2) is 35.7 Å². The first-order valence-electron chi connectivity index (χ1n) is 8.23. The molecule has 0 spiro atoms. The molecule has 2 aliphatic heterocycles. The largest absolute Gasteiger partial charge is 0.444 e. The third kappa shape index (κ3) is 2.72. The van der Waals surface area contributed by atoms with E-state index in [0.717, 1.165) is 32.4 Å². The lowest BCUT2D eigenvalue weighted by Crippen LogP contribution is -2.57. The number of carbonyl (C=O) groups is 1. The molecule has 1 N–H and O–H groups in total. The summed E-state index contributed by atoms with van der Waals surface area (Å²) in [6.45, 7) is 7.52. The van der Waals surface area contributed by atoms with E-state index in [1.807, 2.05) is 31.7 Å². The van der Waals surface area contributed by atoms with Gasteiger partial charge in [0, 0.05) is 6.54 Å². The van der Waals surface area contributed by atoms with Crippen LogP contribution in [0.15, 0.2) is 30.3 Å². The van der Waals surface area contributed by atoms with E-state index in [9.17, 15) is 4.79 Å². The summed E-state index contributed by atoms with van der Waals surface area (Å²) in [6, 6.07) is 10.7. The molecule has 1 amide bonds. The second-order valence-electron chi connectivity index (χ2n) is 7.35. The zero-order valence-corrected chi connectivity index (χ0v) is 13.8. The van der Waals surface area contributed by atoms with Crippen molar-refractivity contribution in [2.24, 2.45) is 0 Å². The van der Waals surface area contributed by atoms with E-state index < -0.39 is 5.60 Å². The average Bonchev–Trinajstić information content (AvgIpc) is 2.87. The molecule has 2 aliphatic rings. The van der Waals surface area contributed by atoms with E-state index in [1.165, 1.54) is 5.56 Å². The number of rotatable bonds is 1. The van der Waals surface area contributed by atoms with Gasteiger partial charge in [-0.3, -0.25) is 0 Å². The Labute approximate surface area is 132 Å². The Kier molecular flexibility index (Phi) is 3.89. The van der Waals surface area contributed by atoms with Gasteiger partial charge >= 0.3 is 6.09 Å². The second kappa shape index (κ2) is 5.58. The minimum atomic E-state index is -0.447. The second-order valence-corrected chi connectivity index (χ2v) is 7.35. The van der Waals surface area contributed by atoms with E-state index in [0.29, 0.717) is 0 Å². The molecule has 1 aromatic rings. The highest BCUT2D eigenvalue weighted by molar-refractivity contribution is 5.69. The summed E-state index contributed by atoms with van der Waals surface area (Å²) in [6.07, 6.45) is 2.89. The van der Waals surface area contributed by atoms with E-state index in [1.54, 1.807) is 0 Å². The lowest BCUT2D eigenvalue weighted by Gasteiger charge is -2.43. The molecule has 1 aromatic carbocycles. The van der Waals surface area contributed by atoms with E-state index >= 15 is 0 Å². The number of nitrogens with zero attached hydrogens (tertiary/aromatic N) is 1. The third-order valence-electron chi connectivity index (χ3n) is 4.70. The average molecular weight is 302 g/mol. The molecule has 0 saturated carbocycles. The van der Waals surface area contributed by atoms with Crippen LogP contribution in [0.25, 0.3) is 0 Å². The lowest BCUT2D eigenvalue weighted by molar-refractivity contribution is 0.0151. The number of piperidine rings is 1. The van der Waals surface area contributed by atoms with Crippen LogP contribution in [0, 0.1) is 0 Å². The molecule has 22 heavy (non-hydrogen) atoms. The fourth-order valence-electron chi connectivity index (χ4n) is 3.81. The number of ether oxygens (including phenoxy) is 1. The third-order valence-corrected chi connectivity index (χ3v) is 4.70. The van der Waals surface area contributed by atoms with Crippen molar-refractivity contribution >= 4 is 6.09 Å². The van der Waals surface area contributed by atoms with Crippen molar-refractivity contribution < 1.29 is 9.53 Å². The molecule has 0 aromatic heterocycles. The van der Waals surface area contributed by atoms with Crippen molar-refractivity contribution in [1.82, 2.24) is 10.2 Å². The molecule has 0 radical (unpaired) electrons. The molecule has 2 atom stereocenters. The predicted molar refractivity (Wildman–Crippen MR) is 86.7 cm³/mol. The van der Waals surface area contributed by atoms with Gasteiger partial charge in [0.2, 0.25) is 0 Å². The van der Waals surface area contributed by atoms with Gasteiger partial charge in [-0.1, -0.05) is 30.3 Å².